The minimum atomic E-state index is -0.626. The predicted octanol–water partition coefficient (Wildman–Crippen LogP) is 6.07. The number of benzene rings is 5. The minimum Gasteiger partial charge on any atom is -0.403 e. The van der Waals surface area contributed by atoms with Gasteiger partial charge in [0.05, 0.1) is 34.5 Å². The van der Waals surface area contributed by atoms with Crippen molar-refractivity contribution >= 4 is 35.3 Å². The summed E-state index contributed by atoms with van der Waals surface area (Å²) in [5.74, 6) is -1.95. The molecule has 2 aliphatic heterocycles. The fourth-order valence-corrected chi connectivity index (χ4v) is 6.68. The normalized spacial score (nSPS) is 14.4. The lowest BCUT2D eigenvalue weighted by Crippen LogP contribution is -2.29. The van der Waals surface area contributed by atoms with Crippen LogP contribution in [0.2, 0.25) is 0 Å². The van der Waals surface area contributed by atoms with Crippen molar-refractivity contribution in [1.82, 2.24) is 10.2 Å². The molecule has 0 spiro atoms. The van der Waals surface area contributed by atoms with Gasteiger partial charge >= 0.3 is 6.01 Å². The molecule has 0 saturated carbocycles. The van der Waals surface area contributed by atoms with Gasteiger partial charge in [0.2, 0.25) is 5.89 Å². The lowest BCUT2D eigenvalue weighted by molar-refractivity contribution is 0.0906. The zero-order chi connectivity index (χ0) is 32.7. The fraction of sp³-hybridized carbons (Fsp3) is 0.0526. The highest BCUT2D eigenvalue weighted by molar-refractivity contribution is 6.35. The number of hydrogen-bond donors (Lipinski definition) is 1. The maximum Gasteiger partial charge on any atom is 0.332 e. The van der Waals surface area contributed by atoms with E-state index in [0.717, 1.165) is 28.0 Å². The summed E-state index contributed by atoms with van der Waals surface area (Å²) in [5, 5.41) is 17.2. The quantitative estimate of drug-likeness (QED) is 0.227. The molecule has 230 valence electrons. The molecule has 1 aromatic heterocycles. The molecule has 3 aliphatic rings. The number of fused-ring (bicyclic) bond motifs is 5. The van der Waals surface area contributed by atoms with Crippen molar-refractivity contribution in [2.75, 3.05) is 9.80 Å². The van der Waals surface area contributed by atoms with E-state index in [9.17, 15) is 24.3 Å². The van der Waals surface area contributed by atoms with E-state index >= 15 is 0 Å². The number of hydrogen-bond acceptors (Lipinski definition) is 8. The van der Waals surface area contributed by atoms with Crippen LogP contribution in [0.25, 0.3) is 33.7 Å². The van der Waals surface area contributed by atoms with Crippen LogP contribution in [-0.4, -0.2) is 38.9 Å². The average Bonchev–Trinajstić information content (AvgIpc) is 3.87. The predicted molar refractivity (Wildman–Crippen MR) is 174 cm³/mol. The van der Waals surface area contributed by atoms with Gasteiger partial charge in [-0.15, -0.1) is 5.10 Å². The molecule has 9 rings (SSSR count). The van der Waals surface area contributed by atoms with Crippen LogP contribution >= 0.6 is 0 Å². The van der Waals surface area contributed by atoms with E-state index in [1.54, 1.807) is 66.7 Å². The van der Waals surface area contributed by atoms with Gasteiger partial charge in [-0.2, -0.15) is 4.90 Å². The number of aliphatic hydroxyl groups is 1. The van der Waals surface area contributed by atoms with Crippen LogP contribution in [0.1, 0.15) is 58.1 Å². The van der Waals surface area contributed by atoms with Crippen LogP contribution in [-0.2, 0) is 13.0 Å². The van der Waals surface area contributed by atoms with Crippen LogP contribution in [0.15, 0.2) is 108 Å². The first-order chi connectivity index (χ1) is 23.4. The molecule has 0 fully saturated rings. The third-order valence-electron chi connectivity index (χ3n) is 9.14. The number of imide groups is 2. The average molecular weight is 631 g/mol. The van der Waals surface area contributed by atoms with E-state index in [-0.39, 0.29) is 35.2 Å². The summed E-state index contributed by atoms with van der Waals surface area (Å²) in [6, 6.07) is 30.1. The van der Waals surface area contributed by atoms with Gasteiger partial charge < -0.3 is 9.52 Å². The summed E-state index contributed by atoms with van der Waals surface area (Å²) in [5.41, 5.74) is 8.31. The number of aliphatic hydroxyl groups excluding tert-OH is 1. The minimum absolute atomic E-state index is 0.114. The smallest absolute Gasteiger partial charge is 0.332 e. The molecule has 48 heavy (non-hydrogen) atoms. The Kier molecular flexibility index (Phi) is 5.93. The second-order valence-electron chi connectivity index (χ2n) is 11.8. The Hall–Kier alpha value is -6.52. The van der Waals surface area contributed by atoms with Gasteiger partial charge in [-0.1, -0.05) is 59.7 Å². The van der Waals surface area contributed by atoms with Gasteiger partial charge in [0, 0.05) is 5.56 Å². The Morgan fingerprint density at radius 1 is 0.562 bits per heavy atom. The van der Waals surface area contributed by atoms with Gasteiger partial charge in [0.15, 0.2) is 0 Å². The Bertz CT molecular complexity index is 2410. The van der Waals surface area contributed by atoms with Crippen LogP contribution in [0.4, 0.5) is 11.7 Å². The van der Waals surface area contributed by atoms with E-state index in [4.69, 9.17) is 4.42 Å². The molecule has 0 atom stereocenters. The second-order valence-corrected chi connectivity index (χ2v) is 11.8. The molecule has 5 aromatic carbocycles. The number of carbonyl (C=O) groups excluding carboxylic acids is 4. The summed E-state index contributed by atoms with van der Waals surface area (Å²) < 4.78 is 5.70. The van der Waals surface area contributed by atoms with Crippen LogP contribution in [0, 0.1) is 0 Å². The first kappa shape index (κ1) is 27.8. The SMILES string of the molecule is O=C1c2ccc(-c3ccc4c(c3)C(=O)N(c3nnc(-c5ccc(CO)cc5)o3)C4=O)cc2C(=O)N1c1ccc2c(c1)-c1ccccc1C2. The summed E-state index contributed by atoms with van der Waals surface area (Å²) in [7, 11) is 0. The molecule has 0 radical (unpaired) electrons. The van der Waals surface area contributed by atoms with Crippen molar-refractivity contribution in [3.8, 4) is 33.7 Å². The highest BCUT2D eigenvalue weighted by Crippen LogP contribution is 2.41. The number of carbonyl (C=O) groups is 4. The molecule has 10 heteroatoms. The van der Waals surface area contributed by atoms with Gasteiger partial charge in [-0.05, 0) is 93.9 Å². The summed E-state index contributed by atoms with van der Waals surface area (Å²) >= 11 is 0. The molecule has 3 heterocycles. The van der Waals surface area contributed by atoms with Crippen molar-refractivity contribution in [3.05, 3.63) is 142 Å². The highest BCUT2D eigenvalue weighted by Gasteiger charge is 2.41. The lowest BCUT2D eigenvalue weighted by Gasteiger charge is -2.15. The van der Waals surface area contributed by atoms with Gasteiger partial charge in [-0.25, -0.2) is 4.90 Å². The Morgan fingerprint density at radius 3 is 1.88 bits per heavy atom. The number of rotatable bonds is 5. The maximum atomic E-state index is 13.7. The topological polar surface area (TPSA) is 134 Å². The van der Waals surface area contributed by atoms with Crippen molar-refractivity contribution in [2.45, 2.75) is 13.0 Å². The summed E-state index contributed by atoms with van der Waals surface area (Å²) in [4.78, 5) is 56.1. The molecule has 4 amide bonds. The largest absolute Gasteiger partial charge is 0.403 e. The van der Waals surface area contributed by atoms with E-state index < -0.39 is 23.6 Å². The number of aromatic nitrogens is 2. The number of anilines is 2. The molecule has 0 unspecified atom stereocenters. The number of amides is 4. The van der Waals surface area contributed by atoms with Crippen LogP contribution < -0.4 is 9.80 Å². The molecular weight excluding hydrogens is 608 g/mol. The molecule has 1 N–H and O–H groups in total. The van der Waals surface area contributed by atoms with E-state index in [1.807, 2.05) is 30.3 Å². The van der Waals surface area contributed by atoms with Gasteiger partial charge in [0.1, 0.15) is 0 Å². The first-order valence-electron chi connectivity index (χ1n) is 15.2. The standard InChI is InChI=1S/C38H22N4O6/c43-19-20-5-7-21(8-6-20)33-39-40-38(48-33)42-35(45)29-14-11-23(17-32(29)37(42)47)22-10-13-28-31(16-22)36(46)41(34(28)44)26-12-9-25-15-24-3-1-2-4-27(24)30(25)18-26/h1-14,16-18,43H,15,19H2. The van der Waals surface area contributed by atoms with Crippen molar-refractivity contribution in [3.63, 3.8) is 0 Å². The number of nitrogens with zero attached hydrogens (tertiary/aromatic N) is 4. The summed E-state index contributed by atoms with van der Waals surface area (Å²) in [6.07, 6.45) is 0.806. The van der Waals surface area contributed by atoms with Crippen molar-refractivity contribution < 1.29 is 28.7 Å². The fourth-order valence-electron chi connectivity index (χ4n) is 6.68. The zero-order valence-corrected chi connectivity index (χ0v) is 25.0. The molecule has 0 bridgehead atoms. The van der Waals surface area contributed by atoms with Crippen LogP contribution in [0.3, 0.4) is 0 Å². The van der Waals surface area contributed by atoms with E-state index in [1.165, 1.54) is 10.5 Å². The Morgan fingerprint density at radius 2 is 1.17 bits per heavy atom. The van der Waals surface area contributed by atoms with Gasteiger partial charge in [0.25, 0.3) is 23.6 Å². The van der Waals surface area contributed by atoms with Crippen molar-refractivity contribution in [1.29, 1.82) is 0 Å². The van der Waals surface area contributed by atoms with E-state index in [0.29, 0.717) is 33.5 Å². The second kappa shape index (κ2) is 10.2. The van der Waals surface area contributed by atoms with Gasteiger partial charge in [-0.3, -0.25) is 19.2 Å². The third-order valence-corrected chi connectivity index (χ3v) is 9.14. The van der Waals surface area contributed by atoms with E-state index in [2.05, 4.69) is 16.3 Å². The molecular formula is C38H22N4O6. The molecule has 6 aromatic rings. The summed E-state index contributed by atoms with van der Waals surface area (Å²) in [6.45, 7) is -0.115. The maximum absolute atomic E-state index is 13.7. The monoisotopic (exact) mass is 630 g/mol. The Labute approximate surface area is 272 Å². The molecule has 1 aliphatic carbocycles. The molecule has 10 nitrogen and oxygen atoms in total. The lowest BCUT2D eigenvalue weighted by atomic mass is 9.97. The van der Waals surface area contributed by atoms with Crippen LogP contribution in [0.5, 0.6) is 0 Å². The van der Waals surface area contributed by atoms with Crippen molar-refractivity contribution in [2.24, 2.45) is 0 Å². The zero-order valence-electron chi connectivity index (χ0n) is 25.0. The first-order valence-corrected chi connectivity index (χ1v) is 15.2. The highest BCUT2D eigenvalue weighted by atomic mass is 16.4. The third kappa shape index (κ3) is 4.03. The molecule has 0 saturated heterocycles. The Balaban J connectivity index is 1.00.